The highest BCUT2D eigenvalue weighted by Crippen LogP contribution is 2.25. The number of imidazole rings is 1. The van der Waals surface area contributed by atoms with E-state index in [1.807, 2.05) is 24.7 Å². The fraction of sp³-hybridized carbons (Fsp3) is 0.250. The molecule has 3 nitrogen and oxygen atoms in total. The number of hydrogen-bond donors (Lipinski definition) is 1. The summed E-state index contributed by atoms with van der Waals surface area (Å²) >= 11 is 11.9. The molecule has 0 aliphatic rings. The van der Waals surface area contributed by atoms with Gasteiger partial charge in [0.25, 0.3) is 0 Å². The van der Waals surface area contributed by atoms with Gasteiger partial charge in [-0.2, -0.15) is 0 Å². The Morgan fingerprint density at radius 2 is 2.18 bits per heavy atom. The molecule has 90 valence electrons. The Labute approximate surface area is 110 Å². The van der Waals surface area contributed by atoms with Crippen LogP contribution in [0, 0.1) is 0 Å². The Kier molecular flexibility index (Phi) is 3.92. The molecule has 2 aromatic rings. The molecule has 2 rings (SSSR count). The van der Waals surface area contributed by atoms with Crippen LogP contribution in [0.25, 0.3) is 0 Å². The predicted molar refractivity (Wildman–Crippen MR) is 71.7 cm³/mol. The first-order valence-corrected chi connectivity index (χ1v) is 6.14. The van der Waals surface area contributed by atoms with Gasteiger partial charge in [-0.25, -0.2) is 4.98 Å². The molecule has 0 unspecified atom stereocenters. The molecule has 17 heavy (non-hydrogen) atoms. The monoisotopic (exact) mass is 269 g/mol. The van der Waals surface area contributed by atoms with Crippen molar-refractivity contribution in [3.05, 3.63) is 46.5 Å². The Morgan fingerprint density at radius 3 is 2.88 bits per heavy atom. The lowest BCUT2D eigenvalue weighted by atomic mass is 10.3. The highest BCUT2D eigenvalue weighted by Gasteiger charge is 2.03. The molecule has 1 aromatic carbocycles. The molecule has 1 aromatic heterocycles. The summed E-state index contributed by atoms with van der Waals surface area (Å²) in [7, 11) is 0. The maximum absolute atomic E-state index is 6.07. The third-order valence-corrected chi connectivity index (χ3v) is 3.08. The van der Waals surface area contributed by atoms with Gasteiger partial charge in [-0.15, -0.1) is 0 Å². The number of nitrogens with zero attached hydrogens (tertiary/aromatic N) is 2. The molecule has 1 heterocycles. The topological polar surface area (TPSA) is 29.9 Å². The van der Waals surface area contributed by atoms with Gasteiger partial charge in [0, 0.05) is 17.8 Å². The summed E-state index contributed by atoms with van der Waals surface area (Å²) in [5, 5.41) is 4.53. The Hall–Kier alpha value is -1.19. The molecular weight excluding hydrogens is 257 g/mol. The Bertz CT molecular complexity index is 508. The summed E-state index contributed by atoms with van der Waals surface area (Å²) in [6.07, 6.45) is 3.67. The van der Waals surface area contributed by atoms with Crippen LogP contribution in [0.3, 0.4) is 0 Å². The number of aromatic nitrogens is 2. The smallest absolute Gasteiger partial charge is 0.0948 e. The highest BCUT2D eigenvalue weighted by molar-refractivity contribution is 6.36. The molecule has 5 heteroatoms. The van der Waals surface area contributed by atoms with Crippen molar-refractivity contribution in [3.63, 3.8) is 0 Å². The van der Waals surface area contributed by atoms with Crippen molar-refractivity contribution < 1.29 is 0 Å². The van der Waals surface area contributed by atoms with E-state index in [0.29, 0.717) is 16.6 Å². The summed E-state index contributed by atoms with van der Waals surface area (Å²) in [4.78, 5) is 4.11. The van der Waals surface area contributed by atoms with E-state index in [9.17, 15) is 0 Å². The zero-order valence-electron chi connectivity index (χ0n) is 9.45. The second kappa shape index (κ2) is 5.43. The number of anilines is 1. The zero-order chi connectivity index (χ0) is 12.3. The first-order valence-electron chi connectivity index (χ1n) is 5.38. The van der Waals surface area contributed by atoms with E-state index >= 15 is 0 Å². The second-order valence-electron chi connectivity index (χ2n) is 3.65. The van der Waals surface area contributed by atoms with Crippen molar-refractivity contribution in [2.75, 3.05) is 5.32 Å². The minimum absolute atomic E-state index is 0.625. The highest BCUT2D eigenvalue weighted by atomic mass is 35.5. The molecule has 1 N–H and O–H groups in total. The Balaban J connectivity index is 2.07. The zero-order valence-corrected chi connectivity index (χ0v) is 11.0. The van der Waals surface area contributed by atoms with E-state index < -0.39 is 0 Å². The molecule has 0 aliphatic heterocycles. The summed E-state index contributed by atoms with van der Waals surface area (Å²) in [6, 6.07) is 5.41. The largest absolute Gasteiger partial charge is 0.378 e. The van der Waals surface area contributed by atoms with Crippen LogP contribution in [0.15, 0.2) is 30.7 Å². The van der Waals surface area contributed by atoms with Gasteiger partial charge in [0.15, 0.2) is 0 Å². The van der Waals surface area contributed by atoms with Gasteiger partial charge in [0.05, 0.1) is 29.3 Å². The average molecular weight is 270 g/mol. The van der Waals surface area contributed by atoms with Crippen molar-refractivity contribution in [2.24, 2.45) is 0 Å². The minimum atomic E-state index is 0.625. The summed E-state index contributed by atoms with van der Waals surface area (Å²) < 4.78 is 2.08. The van der Waals surface area contributed by atoms with Gasteiger partial charge in [-0.3, -0.25) is 0 Å². The number of aryl methyl sites for hydroxylation is 1. The average Bonchev–Trinajstić information content (AvgIpc) is 2.75. The maximum Gasteiger partial charge on any atom is 0.0948 e. The van der Waals surface area contributed by atoms with Crippen molar-refractivity contribution in [2.45, 2.75) is 20.0 Å². The van der Waals surface area contributed by atoms with E-state index in [1.54, 1.807) is 6.07 Å². The first-order chi connectivity index (χ1) is 8.20. The van der Waals surface area contributed by atoms with Crippen molar-refractivity contribution in [3.8, 4) is 0 Å². The standard InChI is InChI=1S/C12H13Cl2N3/c1-2-17-8-15-6-10(17)7-16-12-4-3-9(13)5-11(12)14/h3-6,8,16H,2,7H2,1H3. The van der Waals surface area contributed by atoms with Crippen LogP contribution in [0.5, 0.6) is 0 Å². The van der Waals surface area contributed by atoms with Gasteiger partial charge in [-0.05, 0) is 25.1 Å². The van der Waals surface area contributed by atoms with Gasteiger partial charge in [0.1, 0.15) is 0 Å². The molecule has 0 saturated carbocycles. The summed E-state index contributed by atoms with van der Waals surface area (Å²) in [5.74, 6) is 0. The molecule has 0 fully saturated rings. The summed E-state index contributed by atoms with van der Waals surface area (Å²) in [5.41, 5.74) is 2.00. The van der Waals surface area contributed by atoms with Crippen LogP contribution in [0.2, 0.25) is 10.0 Å². The van der Waals surface area contributed by atoms with Gasteiger partial charge < -0.3 is 9.88 Å². The molecule has 0 spiro atoms. The van der Waals surface area contributed by atoms with Crippen LogP contribution in [0.1, 0.15) is 12.6 Å². The minimum Gasteiger partial charge on any atom is -0.378 e. The lowest BCUT2D eigenvalue weighted by molar-refractivity contribution is 0.719. The van der Waals surface area contributed by atoms with Crippen LogP contribution in [-0.2, 0) is 13.1 Å². The second-order valence-corrected chi connectivity index (χ2v) is 4.49. The third-order valence-electron chi connectivity index (χ3n) is 2.53. The number of benzene rings is 1. The maximum atomic E-state index is 6.07. The van der Waals surface area contributed by atoms with E-state index in [4.69, 9.17) is 23.2 Å². The van der Waals surface area contributed by atoms with E-state index in [0.717, 1.165) is 17.9 Å². The normalized spacial score (nSPS) is 10.5. The Morgan fingerprint density at radius 1 is 1.35 bits per heavy atom. The van der Waals surface area contributed by atoms with Crippen molar-refractivity contribution in [1.29, 1.82) is 0 Å². The van der Waals surface area contributed by atoms with Gasteiger partial charge in [0.2, 0.25) is 0 Å². The van der Waals surface area contributed by atoms with E-state index in [-0.39, 0.29) is 0 Å². The number of halogens is 2. The van der Waals surface area contributed by atoms with E-state index in [1.165, 1.54) is 0 Å². The molecular formula is C12H13Cl2N3. The summed E-state index contributed by atoms with van der Waals surface area (Å²) in [6.45, 7) is 3.68. The van der Waals surface area contributed by atoms with Crippen LogP contribution in [0.4, 0.5) is 5.69 Å². The molecule has 0 atom stereocenters. The van der Waals surface area contributed by atoms with E-state index in [2.05, 4.69) is 21.8 Å². The van der Waals surface area contributed by atoms with Gasteiger partial charge >= 0.3 is 0 Å². The molecule has 0 aliphatic carbocycles. The molecule has 0 bridgehead atoms. The predicted octanol–water partition coefficient (Wildman–Crippen LogP) is 3.82. The molecule has 0 radical (unpaired) electrons. The number of nitrogens with one attached hydrogen (secondary N) is 1. The van der Waals surface area contributed by atoms with Crippen LogP contribution < -0.4 is 5.32 Å². The van der Waals surface area contributed by atoms with Gasteiger partial charge in [-0.1, -0.05) is 23.2 Å². The molecule has 0 amide bonds. The number of hydrogen-bond acceptors (Lipinski definition) is 2. The quantitative estimate of drug-likeness (QED) is 0.915. The van der Waals surface area contributed by atoms with Crippen molar-refractivity contribution >= 4 is 28.9 Å². The molecule has 0 saturated heterocycles. The van der Waals surface area contributed by atoms with Crippen LogP contribution in [-0.4, -0.2) is 9.55 Å². The van der Waals surface area contributed by atoms with Crippen LogP contribution >= 0.6 is 23.2 Å². The fourth-order valence-corrected chi connectivity index (χ4v) is 2.07. The lowest BCUT2D eigenvalue weighted by Gasteiger charge is -2.09. The third kappa shape index (κ3) is 2.93. The first kappa shape index (κ1) is 12.3. The number of rotatable bonds is 4. The van der Waals surface area contributed by atoms with Crippen molar-refractivity contribution in [1.82, 2.24) is 9.55 Å². The lowest BCUT2D eigenvalue weighted by Crippen LogP contribution is -2.06. The SMILES string of the molecule is CCn1cncc1CNc1ccc(Cl)cc1Cl. The fourth-order valence-electron chi connectivity index (χ4n) is 1.60.